The summed E-state index contributed by atoms with van der Waals surface area (Å²) >= 11 is 7.43. The molecule has 1 aliphatic rings. The molecular weight excluding hydrogens is 316 g/mol. The fourth-order valence-corrected chi connectivity index (χ4v) is 2.95. The third-order valence-corrected chi connectivity index (χ3v) is 4.23. The van der Waals surface area contributed by atoms with Gasteiger partial charge in [0.1, 0.15) is 17.5 Å². The Hall–Kier alpha value is -1.60. The van der Waals surface area contributed by atoms with Crippen LogP contribution in [0.15, 0.2) is 12.1 Å². The lowest BCUT2D eigenvalue weighted by Crippen LogP contribution is -2.49. The van der Waals surface area contributed by atoms with E-state index in [0.29, 0.717) is 33.7 Å². The smallest absolute Gasteiger partial charge is 0.247 e. The van der Waals surface area contributed by atoms with E-state index in [1.54, 1.807) is 12.1 Å². The van der Waals surface area contributed by atoms with Gasteiger partial charge >= 0.3 is 0 Å². The van der Waals surface area contributed by atoms with Crippen LogP contribution in [0.2, 0.25) is 5.02 Å². The Morgan fingerprint density at radius 1 is 1.38 bits per heavy atom. The van der Waals surface area contributed by atoms with Crippen LogP contribution in [-0.4, -0.2) is 43.6 Å². The van der Waals surface area contributed by atoms with Gasteiger partial charge in [-0.05, 0) is 0 Å². The molecule has 2 amide bonds. The fraction of sp³-hybridized carbons (Fsp3) is 0.385. The molecule has 0 spiro atoms. The van der Waals surface area contributed by atoms with Gasteiger partial charge in [0.05, 0.1) is 30.7 Å². The first kappa shape index (κ1) is 15.8. The molecule has 1 atom stereocenters. The van der Waals surface area contributed by atoms with E-state index in [2.05, 4.69) is 10.6 Å². The van der Waals surface area contributed by atoms with Gasteiger partial charge < -0.3 is 20.1 Å². The van der Waals surface area contributed by atoms with Crippen molar-refractivity contribution >= 4 is 40.9 Å². The van der Waals surface area contributed by atoms with Crippen LogP contribution in [0.3, 0.4) is 0 Å². The first-order valence-electron chi connectivity index (χ1n) is 6.14. The van der Waals surface area contributed by atoms with Gasteiger partial charge in [-0.25, -0.2) is 0 Å². The highest BCUT2D eigenvalue weighted by molar-refractivity contribution is 8.00. The molecule has 1 aromatic rings. The fourth-order valence-electron chi connectivity index (χ4n) is 1.87. The van der Waals surface area contributed by atoms with E-state index in [0.717, 1.165) is 0 Å². The summed E-state index contributed by atoms with van der Waals surface area (Å²) < 4.78 is 10.3. The molecule has 0 aliphatic carbocycles. The zero-order valence-electron chi connectivity index (χ0n) is 11.6. The van der Waals surface area contributed by atoms with Crippen molar-refractivity contribution in [2.45, 2.75) is 6.04 Å². The predicted octanol–water partition coefficient (Wildman–Crippen LogP) is 1.53. The molecular formula is C13H15ClN2O4S. The zero-order chi connectivity index (χ0) is 15.4. The van der Waals surface area contributed by atoms with Crippen LogP contribution < -0.4 is 20.1 Å². The SMILES string of the molecule is COc1cc(NC(=O)C2CSCC(=O)N2)c(OC)cc1Cl. The van der Waals surface area contributed by atoms with Crippen LogP contribution >= 0.6 is 23.4 Å². The van der Waals surface area contributed by atoms with Crippen molar-refractivity contribution in [1.29, 1.82) is 0 Å². The third-order valence-electron chi connectivity index (χ3n) is 2.90. The van der Waals surface area contributed by atoms with E-state index in [4.69, 9.17) is 21.1 Å². The molecule has 2 N–H and O–H groups in total. The molecule has 0 aromatic heterocycles. The number of amides is 2. The summed E-state index contributed by atoms with van der Waals surface area (Å²) in [6, 6.07) is 2.57. The van der Waals surface area contributed by atoms with E-state index in [9.17, 15) is 9.59 Å². The Morgan fingerprint density at radius 2 is 2.10 bits per heavy atom. The van der Waals surface area contributed by atoms with Crippen molar-refractivity contribution in [3.05, 3.63) is 17.2 Å². The van der Waals surface area contributed by atoms with Crippen LogP contribution in [0, 0.1) is 0 Å². The van der Waals surface area contributed by atoms with Crippen molar-refractivity contribution in [3.63, 3.8) is 0 Å². The highest BCUT2D eigenvalue weighted by Crippen LogP contribution is 2.35. The Labute approximate surface area is 131 Å². The van der Waals surface area contributed by atoms with E-state index < -0.39 is 6.04 Å². The van der Waals surface area contributed by atoms with E-state index in [1.165, 1.54) is 26.0 Å². The molecule has 0 bridgehead atoms. The third kappa shape index (κ3) is 3.74. The maximum Gasteiger partial charge on any atom is 0.247 e. The average Bonchev–Trinajstić information content (AvgIpc) is 2.48. The Balaban J connectivity index is 2.17. The number of hydrogen-bond acceptors (Lipinski definition) is 5. The van der Waals surface area contributed by atoms with E-state index in [-0.39, 0.29) is 11.8 Å². The summed E-state index contributed by atoms with van der Waals surface area (Å²) in [5.74, 6) is 1.30. The largest absolute Gasteiger partial charge is 0.495 e. The molecule has 1 aromatic carbocycles. The number of ether oxygens (including phenoxy) is 2. The molecule has 0 saturated carbocycles. The molecule has 114 valence electrons. The molecule has 1 saturated heterocycles. The lowest BCUT2D eigenvalue weighted by molar-refractivity contribution is -0.124. The first-order chi connectivity index (χ1) is 10.0. The zero-order valence-corrected chi connectivity index (χ0v) is 13.1. The summed E-state index contributed by atoms with van der Waals surface area (Å²) in [6.07, 6.45) is 0. The Morgan fingerprint density at radius 3 is 2.71 bits per heavy atom. The minimum absolute atomic E-state index is 0.146. The summed E-state index contributed by atoms with van der Waals surface area (Å²) in [6.45, 7) is 0. The number of anilines is 1. The van der Waals surface area contributed by atoms with Crippen molar-refractivity contribution in [1.82, 2.24) is 5.32 Å². The molecule has 1 aliphatic heterocycles. The van der Waals surface area contributed by atoms with Gasteiger partial charge in [-0.3, -0.25) is 9.59 Å². The van der Waals surface area contributed by atoms with Crippen LogP contribution in [0.5, 0.6) is 11.5 Å². The Kier molecular flexibility index (Phi) is 5.19. The van der Waals surface area contributed by atoms with Gasteiger partial charge in [0.25, 0.3) is 0 Å². The van der Waals surface area contributed by atoms with Gasteiger partial charge in [0.2, 0.25) is 11.8 Å². The monoisotopic (exact) mass is 330 g/mol. The van der Waals surface area contributed by atoms with Gasteiger partial charge in [0, 0.05) is 17.9 Å². The molecule has 0 radical (unpaired) electrons. The summed E-state index contributed by atoms with van der Waals surface area (Å²) in [7, 11) is 2.96. The van der Waals surface area contributed by atoms with Crippen molar-refractivity contribution in [2.75, 3.05) is 31.0 Å². The maximum atomic E-state index is 12.2. The van der Waals surface area contributed by atoms with Gasteiger partial charge in [-0.15, -0.1) is 11.8 Å². The number of benzene rings is 1. The highest BCUT2D eigenvalue weighted by Gasteiger charge is 2.26. The van der Waals surface area contributed by atoms with Gasteiger partial charge in [-0.2, -0.15) is 0 Å². The van der Waals surface area contributed by atoms with Crippen LogP contribution in [0.1, 0.15) is 0 Å². The number of hydrogen-bond donors (Lipinski definition) is 2. The van der Waals surface area contributed by atoms with Crippen molar-refractivity contribution in [2.24, 2.45) is 0 Å². The second-order valence-corrected chi connectivity index (χ2v) is 5.75. The number of thioether (sulfide) groups is 1. The van der Waals surface area contributed by atoms with Crippen LogP contribution in [0.4, 0.5) is 5.69 Å². The lowest BCUT2D eigenvalue weighted by Gasteiger charge is -2.22. The topological polar surface area (TPSA) is 76.7 Å². The summed E-state index contributed by atoms with van der Waals surface area (Å²) in [5.41, 5.74) is 0.438. The summed E-state index contributed by atoms with van der Waals surface area (Å²) in [5, 5.41) is 5.75. The standard InChI is InChI=1S/C13H15ClN2O4S/c1-19-10-4-8(11(20-2)3-7(10)14)16-13(18)9-5-21-6-12(17)15-9/h3-4,9H,5-6H2,1-2H3,(H,15,17)(H,16,18). The number of halogens is 1. The maximum absolute atomic E-state index is 12.2. The molecule has 8 heteroatoms. The second kappa shape index (κ2) is 6.91. The number of carbonyl (C=O) groups is 2. The van der Waals surface area contributed by atoms with E-state index in [1.807, 2.05) is 0 Å². The van der Waals surface area contributed by atoms with Gasteiger partial charge in [-0.1, -0.05) is 11.6 Å². The Bertz CT molecular complexity index is 567. The number of nitrogens with one attached hydrogen (secondary N) is 2. The predicted molar refractivity (Wildman–Crippen MR) is 82.4 cm³/mol. The molecule has 1 heterocycles. The van der Waals surface area contributed by atoms with Crippen molar-refractivity contribution in [3.8, 4) is 11.5 Å². The normalized spacial score (nSPS) is 17.9. The van der Waals surface area contributed by atoms with Crippen molar-refractivity contribution < 1.29 is 19.1 Å². The second-order valence-electron chi connectivity index (χ2n) is 4.31. The lowest BCUT2D eigenvalue weighted by atomic mass is 10.2. The summed E-state index contributed by atoms with van der Waals surface area (Å²) in [4.78, 5) is 23.5. The highest BCUT2D eigenvalue weighted by atomic mass is 35.5. The minimum atomic E-state index is -0.567. The molecule has 1 fully saturated rings. The first-order valence-corrected chi connectivity index (χ1v) is 7.68. The molecule has 1 unspecified atom stereocenters. The molecule has 6 nitrogen and oxygen atoms in total. The van der Waals surface area contributed by atoms with Crippen LogP contribution in [0.25, 0.3) is 0 Å². The number of methoxy groups -OCH3 is 2. The molecule has 2 rings (SSSR count). The van der Waals surface area contributed by atoms with E-state index >= 15 is 0 Å². The average molecular weight is 331 g/mol. The number of carbonyl (C=O) groups excluding carboxylic acids is 2. The number of rotatable bonds is 4. The molecule has 21 heavy (non-hydrogen) atoms. The quantitative estimate of drug-likeness (QED) is 0.875. The minimum Gasteiger partial charge on any atom is -0.495 e. The van der Waals surface area contributed by atoms with Crippen LogP contribution in [-0.2, 0) is 9.59 Å². The van der Waals surface area contributed by atoms with Gasteiger partial charge in [0.15, 0.2) is 0 Å².